The van der Waals surface area contributed by atoms with Crippen molar-refractivity contribution < 1.29 is 23.9 Å². The molecular formula is C24H25N5O5. The minimum absolute atomic E-state index is 0.123. The van der Waals surface area contributed by atoms with E-state index in [-0.39, 0.29) is 24.5 Å². The van der Waals surface area contributed by atoms with Crippen LogP contribution in [0.15, 0.2) is 42.7 Å². The smallest absolute Gasteiger partial charge is 0.418 e. The number of carbonyl (C=O) groups is 4. The highest BCUT2D eigenvalue weighted by Gasteiger charge is 2.58. The lowest BCUT2D eigenvalue weighted by Gasteiger charge is -2.26. The normalized spacial score (nSPS) is 23.3. The molecule has 0 bridgehead atoms. The number of urea groups is 1. The zero-order valence-corrected chi connectivity index (χ0v) is 18.7. The predicted molar refractivity (Wildman–Crippen MR) is 121 cm³/mol. The average molecular weight is 463 g/mol. The first kappa shape index (κ1) is 21.9. The number of amides is 5. The van der Waals surface area contributed by atoms with Crippen LogP contribution >= 0.6 is 0 Å². The zero-order chi connectivity index (χ0) is 23.9. The van der Waals surface area contributed by atoms with Gasteiger partial charge in [0, 0.05) is 43.7 Å². The van der Waals surface area contributed by atoms with Crippen LogP contribution in [0.5, 0.6) is 0 Å². The molecule has 2 N–H and O–H groups in total. The first-order valence-corrected chi connectivity index (χ1v) is 11.3. The molecule has 1 spiro atoms. The second-order valence-corrected chi connectivity index (χ2v) is 8.69. The number of hydrogen-bond donors (Lipinski definition) is 2. The monoisotopic (exact) mass is 463 g/mol. The molecule has 10 nitrogen and oxygen atoms in total. The van der Waals surface area contributed by atoms with Gasteiger partial charge < -0.3 is 20.3 Å². The summed E-state index contributed by atoms with van der Waals surface area (Å²) in [6, 6.07) is 8.42. The maximum atomic E-state index is 13.4. The molecule has 2 atom stereocenters. The van der Waals surface area contributed by atoms with Crippen LogP contribution in [0.4, 0.5) is 15.3 Å². The average Bonchev–Trinajstić information content (AvgIpc) is 3.53. The van der Waals surface area contributed by atoms with Crippen molar-refractivity contribution in [3.63, 3.8) is 0 Å². The van der Waals surface area contributed by atoms with Gasteiger partial charge in [-0.15, -0.1) is 0 Å². The number of aromatic nitrogens is 1. The van der Waals surface area contributed by atoms with Crippen molar-refractivity contribution in [2.45, 2.75) is 37.3 Å². The molecule has 0 saturated carbocycles. The summed E-state index contributed by atoms with van der Waals surface area (Å²) in [5.74, 6) is -0.814. The molecule has 2 fully saturated rings. The van der Waals surface area contributed by atoms with Crippen LogP contribution in [-0.4, -0.2) is 58.9 Å². The molecule has 5 rings (SSSR count). The minimum Gasteiger partial charge on any atom is -0.427 e. The summed E-state index contributed by atoms with van der Waals surface area (Å²) in [5, 5.41) is 5.18. The van der Waals surface area contributed by atoms with Crippen molar-refractivity contribution in [3.05, 3.63) is 59.4 Å². The van der Waals surface area contributed by atoms with Crippen LogP contribution in [0.1, 0.15) is 42.0 Å². The number of nitrogens with one attached hydrogen (secondary N) is 2. The molecule has 1 aromatic carbocycles. The molecule has 0 radical (unpaired) electrons. The fraction of sp³-hybridized carbons (Fsp3) is 0.375. The molecule has 3 aliphatic rings. The minimum atomic E-state index is -1.42. The fourth-order valence-corrected chi connectivity index (χ4v) is 5.14. The van der Waals surface area contributed by atoms with Gasteiger partial charge in [-0.3, -0.25) is 14.6 Å². The highest BCUT2D eigenvalue weighted by atomic mass is 16.6. The second-order valence-electron chi connectivity index (χ2n) is 8.69. The summed E-state index contributed by atoms with van der Waals surface area (Å²) in [7, 11) is 1.52. The number of carbonyl (C=O) groups excluding carboxylic acids is 4. The molecule has 10 heteroatoms. The molecule has 176 valence electrons. The molecule has 2 aliphatic heterocycles. The Morgan fingerprint density at radius 2 is 2.12 bits per heavy atom. The Bertz CT molecular complexity index is 1170. The van der Waals surface area contributed by atoms with Gasteiger partial charge >= 0.3 is 12.1 Å². The lowest BCUT2D eigenvalue weighted by molar-refractivity contribution is -0.142. The number of pyridine rings is 1. The SMILES string of the molecule is CNC(=O)Nc1ccc2c(c1)CCC21OC(=O)N(CC(=O)N2CCC[C@H]2c2cccnc2)C1=O. The van der Waals surface area contributed by atoms with Crippen LogP contribution in [-0.2, 0) is 26.3 Å². The second kappa shape index (κ2) is 8.44. The van der Waals surface area contributed by atoms with Crippen LogP contribution in [0.3, 0.4) is 0 Å². The van der Waals surface area contributed by atoms with E-state index >= 15 is 0 Å². The molecule has 1 aliphatic carbocycles. The highest BCUT2D eigenvalue weighted by Crippen LogP contribution is 2.46. The Labute approximate surface area is 196 Å². The molecule has 34 heavy (non-hydrogen) atoms. The number of ether oxygens (including phenoxy) is 1. The Balaban J connectivity index is 1.34. The number of rotatable bonds is 4. The Kier molecular flexibility index (Phi) is 5.43. The van der Waals surface area contributed by atoms with Gasteiger partial charge in [-0.2, -0.15) is 0 Å². The number of fused-ring (bicyclic) bond motifs is 2. The number of imide groups is 1. The predicted octanol–water partition coefficient (Wildman–Crippen LogP) is 2.32. The molecule has 1 aromatic heterocycles. The van der Waals surface area contributed by atoms with Gasteiger partial charge in [-0.1, -0.05) is 12.1 Å². The van der Waals surface area contributed by atoms with Crippen LogP contribution in [0.2, 0.25) is 0 Å². The number of hydrogen-bond acceptors (Lipinski definition) is 6. The Morgan fingerprint density at radius 3 is 2.88 bits per heavy atom. The summed E-state index contributed by atoms with van der Waals surface area (Å²) in [6.07, 6.45) is 5.06. The number of benzene rings is 1. The van der Waals surface area contributed by atoms with E-state index in [1.807, 2.05) is 12.1 Å². The molecule has 1 unspecified atom stereocenters. The topological polar surface area (TPSA) is 121 Å². The third kappa shape index (κ3) is 3.55. The van der Waals surface area contributed by atoms with E-state index in [0.29, 0.717) is 30.6 Å². The number of likely N-dealkylation sites (tertiary alicyclic amines) is 1. The van der Waals surface area contributed by atoms with Crippen LogP contribution < -0.4 is 10.6 Å². The number of anilines is 1. The highest BCUT2D eigenvalue weighted by molar-refractivity contribution is 6.06. The van der Waals surface area contributed by atoms with Crippen molar-refractivity contribution in [1.82, 2.24) is 20.1 Å². The summed E-state index contributed by atoms with van der Waals surface area (Å²) < 4.78 is 5.64. The summed E-state index contributed by atoms with van der Waals surface area (Å²) in [6.45, 7) is 0.201. The molecular weight excluding hydrogens is 438 g/mol. The summed E-state index contributed by atoms with van der Waals surface area (Å²) >= 11 is 0. The standard InChI is InChI=1S/C24H25N5O5/c1-25-22(32)27-17-6-7-18-15(12-17)8-9-24(18)21(31)29(23(33)34-24)14-20(30)28-11-3-5-19(28)16-4-2-10-26-13-16/h2,4,6-7,10,12-13,19H,3,5,8-9,11,14H2,1H3,(H2,25,27,32)/t19-,24?/m0/s1. The van der Waals surface area contributed by atoms with E-state index in [4.69, 9.17) is 4.74 Å². The Hall–Kier alpha value is -3.95. The van der Waals surface area contributed by atoms with E-state index in [0.717, 1.165) is 28.9 Å². The van der Waals surface area contributed by atoms with E-state index in [2.05, 4.69) is 15.6 Å². The van der Waals surface area contributed by atoms with Gasteiger partial charge in [0.05, 0.1) is 6.04 Å². The third-order valence-corrected chi connectivity index (χ3v) is 6.78. The quantitative estimate of drug-likeness (QED) is 0.718. The first-order chi connectivity index (χ1) is 16.4. The van der Waals surface area contributed by atoms with Gasteiger partial charge in [0.15, 0.2) is 0 Å². The molecule has 2 aromatic rings. The third-order valence-electron chi connectivity index (χ3n) is 6.78. The zero-order valence-electron chi connectivity index (χ0n) is 18.7. The Morgan fingerprint density at radius 1 is 1.26 bits per heavy atom. The first-order valence-electron chi connectivity index (χ1n) is 11.3. The van der Waals surface area contributed by atoms with Gasteiger partial charge in [-0.25, -0.2) is 14.5 Å². The summed E-state index contributed by atoms with van der Waals surface area (Å²) in [5.41, 5.74) is 1.50. The van der Waals surface area contributed by atoms with E-state index in [9.17, 15) is 19.2 Å². The maximum Gasteiger partial charge on any atom is 0.418 e. The van der Waals surface area contributed by atoms with E-state index < -0.39 is 17.6 Å². The largest absolute Gasteiger partial charge is 0.427 e. The van der Waals surface area contributed by atoms with Gasteiger partial charge in [-0.05, 0) is 48.6 Å². The maximum absolute atomic E-state index is 13.4. The van der Waals surface area contributed by atoms with Gasteiger partial charge in [0.1, 0.15) is 6.54 Å². The van der Waals surface area contributed by atoms with Crippen LogP contribution in [0.25, 0.3) is 0 Å². The lowest BCUT2D eigenvalue weighted by Crippen LogP contribution is -2.44. The van der Waals surface area contributed by atoms with E-state index in [1.54, 1.807) is 35.5 Å². The van der Waals surface area contributed by atoms with Crippen molar-refractivity contribution in [2.24, 2.45) is 0 Å². The fourth-order valence-electron chi connectivity index (χ4n) is 5.14. The molecule has 5 amide bonds. The van der Waals surface area contributed by atoms with E-state index in [1.165, 1.54) is 7.05 Å². The lowest BCUT2D eigenvalue weighted by atomic mass is 9.94. The van der Waals surface area contributed by atoms with Crippen molar-refractivity contribution in [3.8, 4) is 0 Å². The van der Waals surface area contributed by atoms with Gasteiger partial charge in [0.2, 0.25) is 11.5 Å². The van der Waals surface area contributed by atoms with Crippen molar-refractivity contribution in [2.75, 3.05) is 25.5 Å². The number of nitrogens with zero attached hydrogens (tertiary/aromatic N) is 3. The van der Waals surface area contributed by atoms with Crippen molar-refractivity contribution in [1.29, 1.82) is 0 Å². The number of aryl methyl sites for hydroxylation is 1. The molecule has 3 heterocycles. The van der Waals surface area contributed by atoms with Crippen LogP contribution in [0, 0.1) is 0 Å². The van der Waals surface area contributed by atoms with Crippen molar-refractivity contribution >= 4 is 29.6 Å². The molecule has 2 saturated heterocycles. The summed E-state index contributed by atoms with van der Waals surface area (Å²) in [4.78, 5) is 57.7. The van der Waals surface area contributed by atoms with Gasteiger partial charge in [0.25, 0.3) is 5.91 Å².